The van der Waals surface area contributed by atoms with E-state index in [1.54, 1.807) is 0 Å². The van der Waals surface area contributed by atoms with E-state index in [1.165, 1.54) is 32.1 Å². The Morgan fingerprint density at radius 1 is 0.938 bits per heavy atom. The van der Waals surface area contributed by atoms with E-state index < -0.39 is 0 Å². The van der Waals surface area contributed by atoms with E-state index in [4.69, 9.17) is 0 Å². The molecule has 0 fully saturated rings. The number of nitrogens with one attached hydrogen (secondary N) is 1. The second-order valence-corrected chi connectivity index (χ2v) is 5.42. The molecule has 0 rings (SSSR count). The third-order valence-corrected chi connectivity index (χ3v) is 2.63. The molecule has 0 aromatic heterocycles. The monoisotopic (exact) mass is 227 g/mol. The van der Waals surface area contributed by atoms with Crippen molar-refractivity contribution in [2.24, 2.45) is 5.92 Å². The van der Waals surface area contributed by atoms with Crippen molar-refractivity contribution in [3.05, 3.63) is 0 Å². The van der Waals surface area contributed by atoms with E-state index in [2.05, 4.69) is 19.2 Å². The molecule has 1 N–H and O–H groups in total. The summed E-state index contributed by atoms with van der Waals surface area (Å²) in [6, 6.07) is 0.276. The summed E-state index contributed by atoms with van der Waals surface area (Å²) < 4.78 is 0. The largest absolute Gasteiger partial charge is 0.354 e. The minimum atomic E-state index is 0.206. The fourth-order valence-electron chi connectivity index (χ4n) is 1.76. The first-order chi connectivity index (χ1) is 7.52. The Hall–Kier alpha value is -0.530. The highest BCUT2D eigenvalue weighted by molar-refractivity contribution is 5.76. The van der Waals surface area contributed by atoms with Crippen LogP contribution >= 0.6 is 0 Å². The summed E-state index contributed by atoms with van der Waals surface area (Å²) in [6.07, 6.45) is 8.22. The molecule has 0 radical (unpaired) electrons. The second kappa shape index (κ2) is 9.68. The van der Waals surface area contributed by atoms with E-state index in [0.29, 0.717) is 6.42 Å². The number of rotatable bonds is 9. The molecule has 2 nitrogen and oxygen atoms in total. The lowest BCUT2D eigenvalue weighted by molar-refractivity contribution is -0.121. The van der Waals surface area contributed by atoms with Crippen molar-refractivity contribution in [1.29, 1.82) is 0 Å². The topological polar surface area (TPSA) is 29.1 Å². The minimum Gasteiger partial charge on any atom is -0.354 e. The summed E-state index contributed by atoms with van der Waals surface area (Å²) in [7, 11) is 0. The summed E-state index contributed by atoms with van der Waals surface area (Å²) in [5.74, 6) is 1.04. The zero-order valence-corrected chi connectivity index (χ0v) is 11.5. The van der Waals surface area contributed by atoms with Crippen molar-refractivity contribution >= 4 is 5.91 Å². The van der Waals surface area contributed by atoms with Crippen LogP contribution in [0.5, 0.6) is 0 Å². The van der Waals surface area contributed by atoms with Gasteiger partial charge in [-0.25, -0.2) is 0 Å². The molecule has 0 bridgehead atoms. The third-order valence-electron chi connectivity index (χ3n) is 2.63. The van der Waals surface area contributed by atoms with Crippen molar-refractivity contribution in [3.63, 3.8) is 0 Å². The first-order valence-electron chi connectivity index (χ1n) is 6.81. The van der Waals surface area contributed by atoms with Gasteiger partial charge >= 0.3 is 0 Å². The second-order valence-electron chi connectivity index (χ2n) is 5.42. The molecule has 1 amide bonds. The van der Waals surface area contributed by atoms with Gasteiger partial charge in [0.15, 0.2) is 0 Å². The quantitative estimate of drug-likeness (QED) is 0.595. The number of unbranched alkanes of at least 4 members (excludes halogenated alkanes) is 4. The average Bonchev–Trinajstić information content (AvgIpc) is 2.14. The van der Waals surface area contributed by atoms with Gasteiger partial charge in [-0.3, -0.25) is 4.79 Å². The maximum absolute atomic E-state index is 11.3. The Bertz CT molecular complexity index is 176. The van der Waals surface area contributed by atoms with Crippen LogP contribution in [0.3, 0.4) is 0 Å². The molecule has 16 heavy (non-hydrogen) atoms. The zero-order valence-electron chi connectivity index (χ0n) is 11.5. The van der Waals surface area contributed by atoms with Crippen LogP contribution in [0, 0.1) is 5.92 Å². The van der Waals surface area contributed by atoms with Crippen LogP contribution in [0.15, 0.2) is 0 Å². The highest BCUT2D eigenvalue weighted by Gasteiger charge is 2.02. The normalized spacial score (nSPS) is 11.1. The molecule has 0 atom stereocenters. The van der Waals surface area contributed by atoms with Crippen molar-refractivity contribution in [2.75, 3.05) is 0 Å². The molecular weight excluding hydrogens is 198 g/mol. The molecule has 0 saturated carbocycles. The van der Waals surface area contributed by atoms with Crippen LogP contribution in [0.25, 0.3) is 0 Å². The van der Waals surface area contributed by atoms with Crippen LogP contribution in [0.2, 0.25) is 0 Å². The van der Waals surface area contributed by atoms with Crippen LogP contribution in [0.4, 0.5) is 0 Å². The van der Waals surface area contributed by atoms with Crippen molar-refractivity contribution < 1.29 is 4.79 Å². The van der Waals surface area contributed by atoms with Gasteiger partial charge < -0.3 is 5.32 Å². The van der Waals surface area contributed by atoms with Crippen LogP contribution in [-0.4, -0.2) is 11.9 Å². The van der Waals surface area contributed by atoms with Gasteiger partial charge in [-0.05, 0) is 26.2 Å². The lowest BCUT2D eigenvalue weighted by atomic mass is 10.0. The smallest absolute Gasteiger partial charge is 0.220 e. The number of carbonyl (C=O) groups is 1. The van der Waals surface area contributed by atoms with Crippen molar-refractivity contribution in [1.82, 2.24) is 5.32 Å². The van der Waals surface area contributed by atoms with E-state index in [1.807, 2.05) is 13.8 Å². The summed E-state index contributed by atoms with van der Waals surface area (Å²) >= 11 is 0. The molecule has 0 heterocycles. The van der Waals surface area contributed by atoms with E-state index in [-0.39, 0.29) is 11.9 Å². The molecule has 96 valence electrons. The molecule has 0 aliphatic carbocycles. The summed E-state index contributed by atoms with van der Waals surface area (Å²) in [5, 5.41) is 2.92. The first kappa shape index (κ1) is 15.5. The van der Waals surface area contributed by atoms with Crippen LogP contribution in [0.1, 0.15) is 72.6 Å². The Balaban J connectivity index is 3.18. The highest BCUT2D eigenvalue weighted by Crippen LogP contribution is 2.11. The summed E-state index contributed by atoms with van der Waals surface area (Å²) in [6.45, 7) is 8.56. The molecule has 0 aliphatic heterocycles. The predicted octanol–water partition coefficient (Wildman–Crippen LogP) is 3.90. The van der Waals surface area contributed by atoms with E-state index in [9.17, 15) is 4.79 Å². The standard InChI is InChI=1S/C14H29NO/c1-12(2)10-8-6-5-7-9-11-14(16)15-13(3)4/h12-13H,5-11H2,1-4H3,(H,15,16). The van der Waals surface area contributed by atoms with Gasteiger partial charge in [0, 0.05) is 12.5 Å². The fourth-order valence-corrected chi connectivity index (χ4v) is 1.76. The zero-order chi connectivity index (χ0) is 12.4. The SMILES string of the molecule is CC(C)CCCCCCCC(=O)NC(C)C. The van der Waals surface area contributed by atoms with Gasteiger partial charge in [0.2, 0.25) is 5.91 Å². The predicted molar refractivity (Wildman–Crippen MR) is 70.4 cm³/mol. The molecule has 0 aromatic carbocycles. The van der Waals surface area contributed by atoms with Crippen LogP contribution in [-0.2, 0) is 4.79 Å². The highest BCUT2D eigenvalue weighted by atomic mass is 16.1. The molecule has 2 heteroatoms. The lowest BCUT2D eigenvalue weighted by Crippen LogP contribution is -2.29. The Morgan fingerprint density at radius 2 is 1.50 bits per heavy atom. The maximum Gasteiger partial charge on any atom is 0.220 e. The van der Waals surface area contributed by atoms with E-state index >= 15 is 0 Å². The Morgan fingerprint density at radius 3 is 2.06 bits per heavy atom. The van der Waals surface area contributed by atoms with Gasteiger partial charge in [0.05, 0.1) is 0 Å². The van der Waals surface area contributed by atoms with Gasteiger partial charge in [0.1, 0.15) is 0 Å². The number of carbonyl (C=O) groups excluding carboxylic acids is 1. The third kappa shape index (κ3) is 11.5. The number of hydrogen-bond acceptors (Lipinski definition) is 1. The molecule has 0 saturated heterocycles. The lowest BCUT2D eigenvalue weighted by Gasteiger charge is -2.08. The Kier molecular flexibility index (Phi) is 9.36. The van der Waals surface area contributed by atoms with Crippen molar-refractivity contribution in [2.45, 2.75) is 78.7 Å². The molecule has 0 aromatic rings. The maximum atomic E-state index is 11.3. The van der Waals surface area contributed by atoms with E-state index in [0.717, 1.165) is 12.3 Å². The number of hydrogen-bond donors (Lipinski definition) is 1. The number of amides is 1. The Labute approximate surface area is 101 Å². The fraction of sp³-hybridized carbons (Fsp3) is 0.929. The molecule has 0 unspecified atom stereocenters. The molecule has 0 spiro atoms. The average molecular weight is 227 g/mol. The van der Waals surface area contributed by atoms with Gasteiger partial charge in [-0.1, -0.05) is 46.0 Å². The molecular formula is C14H29NO. The van der Waals surface area contributed by atoms with Crippen LogP contribution < -0.4 is 5.32 Å². The molecule has 0 aliphatic rings. The van der Waals surface area contributed by atoms with Gasteiger partial charge in [-0.15, -0.1) is 0 Å². The minimum absolute atomic E-state index is 0.206. The first-order valence-corrected chi connectivity index (χ1v) is 6.81. The van der Waals surface area contributed by atoms with Gasteiger partial charge in [-0.2, -0.15) is 0 Å². The van der Waals surface area contributed by atoms with Gasteiger partial charge in [0.25, 0.3) is 0 Å². The summed E-state index contributed by atoms with van der Waals surface area (Å²) in [4.78, 5) is 11.3. The summed E-state index contributed by atoms with van der Waals surface area (Å²) in [5.41, 5.74) is 0. The van der Waals surface area contributed by atoms with Crippen molar-refractivity contribution in [3.8, 4) is 0 Å².